The number of ether oxygens (including phenoxy) is 1. The number of sulfonamides is 1. The fourth-order valence-electron chi connectivity index (χ4n) is 5.87. The molecular formula is C28H34BrN7O5S2. The standard InChI is InChI=1S/C28H34BrN7O5S2/c1-17-14-23(18(2)36(17)21-4-6-22(7-5-21)43(39,40)35-10-12-41-13-11-35)27-32-26-25(24(29)15-30-28(26)33-27)31-20-8-9-34(16-20)19(3)42(37)38/h4-7,14-15,19-20H,8-13,16H2,1-3H3,(H,37,38)(H2,30,31,32,33)/t19-,20-/m0/s1. The minimum absolute atomic E-state index is 0.0970. The van der Waals surface area contributed by atoms with Crippen molar-refractivity contribution in [3.8, 4) is 17.1 Å². The predicted octanol–water partition coefficient (Wildman–Crippen LogP) is 3.87. The number of hydrogen-bond donors (Lipinski definition) is 3. The molecule has 3 N–H and O–H groups in total. The molecule has 12 nitrogen and oxygen atoms in total. The van der Waals surface area contributed by atoms with E-state index in [9.17, 15) is 17.2 Å². The minimum Gasteiger partial charge on any atom is -0.379 e. The molecular weight excluding hydrogens is 658 g/mol. The number of hydrogen-bond acceptors (Lipinski definition) is 8. The molecule has 15 heteroatoms. The fraction of sp³-hybridized carbons (Fsp3) is 0.429. The predicted molar refractivity (Wildman–Crippen MR) is 169 cm³/mol. The second-order valence-electron chi connectivity index (χ2n) is 10.9. The van der Waals surface area contributed by atoms with Crippen molar-refractivity contribution in [2.45, 2.75) is 43.5 Å². The average Bonchev–Trinajstić information content (AvgIpc) is 3.72. The number of aromatic nitrogens is 4. The van der Waals surface area contributed by atoms with Crippen LogP contribution in [0, 0.1) is 13.8 Å². The summed E-state index contributed by atoms with van der Waals surface area (Å²) in [6.45, 7) is 8.68. The van der Waals surface area contributed by atoms with E-state index in [1.165, 1.54) is 4.31 Å². The topological polar surface area (TPSA) is 146 Å². The Morgan fingerprint density at radius 1 is 1.19 bits per heavy atom. The van der Waals surface area contributed by atoms with E-state index in [1.807, 2.05) is 30.9 Å². The van der Waals surface area contributed by atoms with Crippen molar-refractivity contribution in [2.24, 2.45) is 0 Å². The normalized spacial score (nSPS) is 20.1. The third-order valence-corrected chi connectivity index (χ3v) is 11.6. The van der Waals surface area contributed by atoms with Crippen LogP contribution in [0.4, 0.5) is 5.69 Å². The second-order valence-corrected chi connectivity index (χ2v) is 14.9. The van der Waals surface area contributed by atoms with Crippen LogP contribution in [-0.2, 0) is 25.8 Å². The van der Waals surface area contributed by atoms with E-state index in [-0.39, 0.29) is 10.9 Å². The van der Waals surface area contributed by atoms with Gasteiger partial charge in [-0.25, -0.2) is 22.6 Å². The summed E-state index contributed by atoms with van der Waals surface area (Å²) in [5.41, 5.74) is 5.88. The summed E-state index contributed by atoms with van der Waals surface area (Å²) >= 11 is 1.73. The molecule has 4 aromatic rings. The van der Waals surface area contributed by atoms with Crippen molar-refractivity contribution >= 4 is 53.9 Å². The molecule has 5 heterocycles. The van der Waals surface area contributed by atoms with E-state index in [0.29, 0.717) is 44.3 Å². The summed E-state index contributed by atoms with van der Waals surface area (Å²) in [5, 5.41) is 3.17. The molecule has 3 aromatic heterocycles. The van der Waals surface area contributed by atoms with E-state index in [0.717, 1.165) is 51.3 Å². The van der Waals surface area contributed by atoms with Crippen molar-refractivity contribution in [3.63, 3.8) is 0 Å². The summed E-state index contributed by atoms with van der Waals surface area (Å²) in [4.78, 5) is 15.1. The molecule has 0 spiro atoms. The van der Waals surface area contributed by atoms with E-state index in [2.05, 4.69) is 41.8 Å². The van der Waals surface area contributed by atoms with Crippen LogP contribution < -0.4 is 5.32 Å². The number of imidazole rings is 1. The number of aryl methyl sites for hydroxylation is 1. The van der Waals surface area contributed by atoms with Crippen molar-refractivity contribution in [1.29, 1.82) is 0 Å². The zero-order valence-corrected chi connectivity index (χ0v) is 27.3. The summed E-state index contributed by atoms with van der Waals surface area (Å²) < 4.78 is 56.9. The second kappa shape index (κ2) is 12.0. The molecule has 43 heavy (non-hydrogen) atoms. The van der Waals surface area contributed by atoms with Gasteiger partial charge in [-0.3, -0.25) is 4.90 Å². The minimum atomic E-state index is -3.58. The largest absolute Gasteiger partial charge is 0.379 e. The molecule has 0 saturated carbocycles. The van der Waals surface area contributed by atoms with E-state index >= 15 is 0 Å². The number of anilines is 1. The number of fused-ring (bicyclic) bond motifs is 1. The third kappa shape index (κ3) is 5.79. The van der Waals surface area contributed by atoms with Crippen molar-refractivity contribution in [2.75, 3.05) is 44.7 Å². The zero-order chi connectivity index (χ0) is 30.5. The number of halogens is 1. The highest BCUT2D eigenvalue weighted by Crippen LogP contribution is 2.35. The van der Waals surface area contributed by atoms with Crippen LogP contribution >= 0.6 is 15.9 Å². The lowest BCUT2D eigenvalue weighted by molar-refractivity contribution is 0.0730. The van der Waals surface area contributed by atoms with Crippen LogP contribution in [0.25, 0.3) is 28.2 Å². The van der Waals surface area contributed by atoms with Gasteiger partial charge in [-0.15, -0.1) is 0 Å². The molecule has 2 aliphatic rings. The van der Waals surface area contributed by atoms with Gasteiger partial charge in [0.2, 0.25) is 10.0 Å². The molecule has 230 valence electrons. The number of aromatic amines is 1. The number of nitrogens with zero attached hydrogens (tertiary/aromatic N) is 5. The van der Waals surface area contributed by atoms with E-state index in [1.54, 1.807) is 25.3 Å². The number of benzene rings is 1. The number of nitrogens with one attached hydrogen (secondary N) is 2. The molecule has 2 fully saturated rings. The van der Waals surface area contributed by atoms with E-state index < -0.39 is 26.5 Å². The summed E-state index contributed by atoms with van der Waals surface area (Å²) in [6.07, 6.45) is 2.57. The molecule has 0 radical (unpaired) electrons. The van der Waals surface area contributed by atoms with Gasteiger partial charge < -0.3 is 24.2 Å². The van der Waals surface area contributed by atoms with Gasteiger partial charge in [-0.1, -0.05) is 0 Å². The van der Waals surface area contributed by atoms with Gasteiger partial charge in [-0.05, 0) is 73.5 Å². The molecule has 0 amide bonds. The molecule has 0 bridgehead atoms. The van der Waals surface area contributed by atoms with Crippen LogP contribution in [0.1, 0.15) is 24.7 Å². The molecule has 0 aliphatic carbocycles. The van der Waals surface area contributed by atoms with Gasteiger partial charge in [0.25, 0.3) is 0 Å². The number of rotatable bonds is 8. The van der Waals surface area contributed by atoms with Crippen molar-refractivity contribution in [3.05, 3.63) is 52.4 Å². The lowest BCUT2D eigenvalue weighted by atomic mass is 10.2. The molecule has 2 aliphatic heterocycles. The number of morpholine rings is 1. The Hall–Kier alpha value is -2.66. The van der Waals surface area contributed by atoms with Crippen molar-refractivity contribution < 1.29 is 21.9 Å². The van der Waals surface area contributed by atoms with Crippen LogP contribution in [0.2, 0.25) is 0 Å². The molecule has 2 saturated heterocycles. The van der Waals surface area contributed by atoms with Gasteiger partial charge in [0.05, 0.1) is 28.3 Å². The highest BCUT2D eigenvalue weighted by Gasteiger charge is 2.30. The monoisotopic (exact) mass is 691 g/mol. The Balaban J connectivity index is 1.27. The maximum atomic E-state index is 13.1. The smallest absolute Gasteiger partial charge is 0.243 e. The highest BCUT2D eigenvalue weighted by molar-refractivity contribution is 9.10. The first-order chi connectivity index (χ1) is 20.5. The summed E-state index contributed by atoms with van der Waals surface area (Å²) in [6, 6.07) is 9.12. The lowest BCUT2D eigenvalue weighted by Gasteiger charge is -2.26. The van der Waals surface area contributed by atoms with Gasteiger partial charge >= 0.3 is 0 Å². The molecule has 1 aromatic carbocycles. The molecule has 6 rings (SSSR count). The third-order valence-electron chi connectivity index (χ3n) is 8.24. The number of H-pyrrole nitrogens is 1. The van der Waals surface area contributed by atoms with E-state index in [4.69, 9.17) is 9.72 Å². The first kappa shape index (κ1) is 30.4. The first-order valence-corrected chi connectivity index (χ1v) is 17.5. The zero-order valence-electron chi connectivity index (χ0n) is 24.1. The lowest BCUT2D eigenvalue weighted by Crippen LogP contribution is -2.40. The maximum Gasteiger partial charge on any atom is 0.243 e. The van der Waals surface area contributed by atoms with Gasteiger partial charge in [-0.2, -0.15) is 4.31 Å². The Bertz CT molecular complexity index is 1790. The number of likely N-dealkylation sites (tertiary alicyclic amines) is 1. The van der Waals surface area contributed by atoms with Gasteiger partial charge in [0.15, 0.2) is 16.7 Å². The molecule has 3 atom stereocenters. The SMILES string of the molecule is Cc1cc(-c2nc3ncc(Br)c(N[C@H]4CCN([C@H](C)S(=O)O)C4)c3[nH]2)c(C)n1-c1ccc(S(=O)(=O)N2CCOCC2)cc1. The molecule has 1 unspecified atom stereocenters. The van der Waals surface area contributed by atoms with Crippen LogP contribution in [0.3, 0.4) is 0 Å². The Labute approximate surface area is 261 Å². The number of pyridine rings is 1. The Kier molecular flexibility index (Phi) is 8.49. The maximum absolute atomic E-state index is 13.1. The quantitative estimate of drug-likeness (QED) is 0.235. The van der Waals surface area contributed by atoms with Gasteiger partial charge in [0.1, 0.15) is 16.7 Å². The Morgan fingerprint density at radius 3 is 2.60 bits per heavy atom. The summed E-state index contributed by atoms with van der Waals surface area (Å²) in [7, 11) is -3.58. The average molecular weight is 693 g/mol. The summed E-state index contributed by atoms with van der Waals surface area (Å²) in [5.74, 6) is 0.673. The van der Waals surface area contributed by atoms with Crippen LogP contribution in [-0.4, -0.2) is 96.7 Å². The Morgan fingerprint density at radius 2 is 1.91 bits per heavy atom. The van der Waals surface area contributed by atoms with Crippen LogP contribution in [0.5, 0.6) is 0 Å². The fourth-order valence-corrected chi connectivity index (χ4v) is 8.14. The van der Waals surface area contributed by atoms with Gasteiger partial charge in [0, 0.05) is 61.1 Å². The highest BCUT2D eigenvalue weighted by atomic mass is 79.9. The van der Waals surface area contributed by atoms with Crippen molar-refractivity contribution in [1.82, 2.24) is 28.7 Å². The first-order valence-electron chi connectivity index (χ1n) is 14.1. The van der Waals surface area contributed by atoms with Crippen LogP contribution in [0.15, 0.2) is 45.9 Å².